The highest BCUT2D eigenvalue weighted by Crippen LogP contribution is 2.18. The molecule has 0 aliphatic rings. The Morgan fingerprint density at radius 1 is 1.21 bits per heavy atom. The number of hydrogen-bond donors (Lipinski definition) is 5. The summed E-state index contributed by atoms with van der Waals surface area (Å²) in [5.41, 5.74) is -0.722. The summed E-state index contributed by atoms with van der Waals surface area (Å²) >= 11 is 0. The fourth-order valence-corrected chi connectivity index (χ4v) is 2.14. The normalized spacial score (nSPS) is 15.4. The first-order chi connectivity index (χ1) is 11.1. The second-order valence-corrected chi connectivity index (χ2v) is 5.71. The van der Waals surface area contributed by atoms with Gasteiger partial charge in [0.25, 0.3) is 0 Å². The van der Waals surface area contributed by atoms with Crippen molar-refractivity contribution in [3.63, 3.8) is 0 Å². The number of halogens is 3. The maximum Gasteiger partial charge on any atom is 0.432 e. The largest absolute Gasteiger partial charge is 0.432 e. The maximum atomic E-state index is 12.2. The zero-order valence-electron chi connectivity index (χ0n) is 14.3. The summed E-state index contributed by atoms with van der Waals surface area (Å²) < 4.78 is 36.6. The number of aliphatic hydroxyl groups excluding tert-OH is 1. The first kappa shape index (κ1) is 22.3. The van der Waals surface area contributed by atoms with Crippen molar-refractivity contribution in [2.45, 2.75) is 45.5 Å². The van der Waals surface area contributed by atoms with E-state index >= 15 is 0 Å². The van der Waals surface area contributed by atoms with Gasteiger partial charge in [-0.1, -0.05) is 17.7 Å². The number of amidine groups is 1. The second kappa shape index (κ2) is 11.0. The molecule has 0 fully saturated rings. The highest BCUT2D eigenvalue weighted by Gasteiger charge is 2.32. The van der Waals surface area contributed by atoms with E-state index in [2.05, 4.69) is 10.6 Å². The summed E-state index contributed by atoms with van der Waals surface area (Å²) in [5.74, 6) is 0.358. The molecule has 0 spiro atoms. The molecular weight excluding hydrogens is 321 g/mol. The fourth-order valence-electron chi connectivity index (χ4n) is 2.14. The Morgan fingerprint density at radius 2 is 1.83 bits per heavy atom. The van der Waals surface area contributed by atoms with Crippen molar-refractivity contribution >= 4 is 11.5 Å². The van der Waals surface area contributed by atoms with Crippen LogP contribution in [-0.2, 0) is 0 Å². The molecule has 0 aromatic heterocycles. The van der Waals surface area contributed by atoms with Gasteiger partial charge in [-0.3, -0.25) is 10.8 Å². The average molecular weight is 348 g/mol. The van der Waals surface area contributed by atoms with Crippen molar-refractivity contribution in [3.05, 3.63) is 23.8 Å². The van der Waals surface area contributed by atoms with E-state index in [9.17, 15) is 18.3 Å². The van der Waals surface area contributed by atoms with Gasteiger partial charge in [-0.25, -0.2) is 0 Å². The van der Waals surface area contributed by atoms with Gasteiger partial charge in [-0.15, -0.1) is 0 Å². The Morgan fingerprint density at radius 3 is 2.33 bits per heavy atom. The van der Waals surface area contributed by atoms with Gasteiger partial charge < -0.3 is 15.7 Å². The lowest BCUT2D eigenvalue weighted by atomic mass is 9.97. The van der Waals surface area contributed by atoms with Crippen LogP contribution >= 0.6 is 0 Å². The van der Waals surface area contributed by atoms with Gasteiger partial charge >= 0.3 is 6.18 Å². The van der Waals surface area contributed by atoms with Crippen LogP contribution in [-0.4, -0.2) is 42.7 Å². The third-order valence-electron chi connectivity index (χ3n) is 3.29. The van der Waals surface area contributed by atoms with Crippen LogP contribution < -0.4 is 10.6 Å². The van der Waals surface area contributed by atoms with Crippen molar-refractivity contribution < 1.29 is 18.3 Å². The van der Waals surface area contributed by atoms with Gasteiger partial charge in [-0.05, 0) is 58.7 Å². The molecule has 138 valence electrons. The first-order valence-electron chi connectivity index (χ1n) is 7.71. The summed E-state index contributed by atoms with van der Waals surface area (Å²) in [7, 11) is 1.81. The van der Waals surface area contributed by atoms with E-state index in [-0.39, 0.29) is 11.8 Å². The Kier molecular flexibility index (Phi) is 10.2. The molecule has 0 saturated carbocycles. The van der Waals surface area contributed by atoms with E-state index in [4.69, 9.17) is 10.8 Å². The van der Waals surface area contributed by atoms with Crippen molar-refractivity contribution in [3.8, 4) is 0 Å². The first-order valence-corrected chi connectivity index (χ1v) is 7.71. The minimum atomic E-state index is -4.62. The van der Waals surface area contributed by atoms with Crippen molar-refractivity contribution in [2.24, 2.45) is 5.92 Å². The molecule has 24 heavy (non-hydrogen) atoms. The lowest BCUT2D eigenvalue weighted by Gasteiger charge is -2.20. The Bertz CT molecular complexity index is 472. The third-order valence-corrected chi connectivity index (χ3v) is 3.29. The van der Waals surface area contributed by atoms with Crippen LogP contribution in [0, 0.1) is 16.7 Å². The molecule has 0 aliphatic heterocycles. The fraction of sp³-hybridized carbons (Fsp3) is 0.625. The summed E-state index contributed by atoms with van der Waals surface area (Å²) in [5, 5.41) is 29.6. The molecule has 8 heteroatoms. The molecule has 0 bridgehead atoms. The molecule has 0 aromatic carbocycles. The number of rotatable bonds is 10. The number of aliphatic hydroxyl groups is 1. The van der Waals surface area contributed by atoms with Crippen LogP contribution in [0.5, 0.6) is 0 Å². The summed E-state index contributed by atoms with van der Waals surface area (Å²) in [6, 6.07) is 0. The minimum absolute atomic E-state index is 0.165. The number of hydrogen-bond acceptors (Lipinski definition) is 4. The monoisotopic (exact) mass is 348 g/mol. The molecule has 2 unspecified atom stereocenters. The van der Waals surface area contributed by atoms with Crippen molar-refractivity contribution in [1.82, 2.24) is 10.6 Å². The molecule has 0 saturated heterocycles. The highest BCUT2D eigenvalue weighted by molar-refractivity contribution is 5.97. The van der Waals surface area contributed by atoms with Gasteiger partial charge in [0.2, 0.25) is 0 Å². The molecule has 0 aliphatic carbocycles. The summed E-state index contributed by atoms with van der Waals surface area (Å²) in [6.45, 7) is 3.92. The van der Waals surface area contributed by atoms with Crippen LogP contribution in [0.1, 0.15) is 33.1 Å². The predicted octanol–water partition coefficient (Wildman–Crippen LogP) is 2.98. The molecule has 0 heterocycles. The van der Waals surface area contributed by atoms with E-state index in [1.807, 2.05) is 6.08 Å². The van der Waals surface area contributed by atoms with E-state index < -0.39 is 18.1 Å². The minimum Gasteiger partial charge on any atom is -0.374 e. The van der Waals surface area contributed by atoms with Gasteiger partial charge in [-0.2, -0.15) is 13.2 Å². The molecule has 0 amide bonds. The standard InChI is InChI=1S/C16H27F3N4O/c1-11(7-8-14(21)16(17,18)19)5-4-6-13(10-22-3)9-15(24)23-12(2)20/h5,7-8,13,15,21-22,24H,4,6,9-10H2,1-3H3,(H2,20,23)/b8-7-,11-5+,21-14?. The number of nitrogens with one attached hydrogen (secondary N) is 4. The average Bonchev–Trinajstić information content (AvgIpc) is 2.42. The maximum absolute atomic E-state index is 12.2. The zero-order chi connectivity index (χ0) is 18.8. The molecule has 2 atom stereocenters. The quantitative estimate of drug-likeness (QED) is 0.182. The van der Waals surface area contributed by atoms with Gasteiger partial charge in [0.15, 0.2) is 0 Å². The summed E-state index contributed by atoms with van der Waals surface area (Å²) in [4.78, 5) is 0. The smallest absolute Gasteiger partial charge is 0.374 e. The lowest BCUT2D eigenvalue weighted by Crippen LogP contribution is -2.35. The molecule has 0 radical (unpaired) electrons. The van der Waals surface area contributed by atoms with Crippen LogP contribution in [0.25, 0.3) is 0 Å². The van der Waals surface area contributed by atoms with Crippen LogP contribution in [0.2, 0.25) is 0 Å². The zero-order valence-corrected chi connectivity index (χ0v) is 14.3. The van der Waals surface area contributed by atoms with Crippen LogP contribution in [0.4, 0.5) is 13.2 Å². The molecular formula is C16H27F3N4O. The second-order valence-electron chi connectivity index (χ2n) is 5.71. The molecule has 5 N–H and O–H groups in total. The lowest BCUT2D eigenvalue weighted by molar-refractivity contribution is -0.0584. The van der Waals surface area contributed by atoms with Gasteiger partial charge in [0, 0.05) is 0 Å². The molecule has 5 nitrogen and oxygen atoms in total. The SMILES string of the molecule is CNCC(CC/C=C(C)/C=C\C(=N)C(F)(F)F)CC(O)NC(C)=N. The van der Waals surface area contributed by atoms with Crippen LogP contribution in [0.3, 0.4) is 0 Å². The van der Waals surface area contributed by atoms with Gasteiger partial charge in [0.1, 0.15) is 11.9 Å². The number of alkyl halides is 3. The topological polar surface area (TPSA) is 92.0 Å². The van der Waals surface area contributed by atoms with Crippen molar-refractivity contribution in [2.75, 3.05) is 13.6 Å². The Balaban J connectivity index is 4.46. The molecule has 0 aromatic rings. The van der Waals surface area contributed by atoms with E-state index in [0.717, 1.165) is 12.5 Å². The van der Waals surface area contributed by atoms with E-state index in [0.29, 0.717) is 25.0 Å². The molecule has 0 rings (SSSR count). The van der Waals surface area contributed by atoms with E-state index in [1.165, 1.54) is 6.08 Å². The Labute approximate surface area is 141 Å². The van der Waals surface area contributed by atoms with E-state index in [1.54, 1.807) is 20.9 Å². The third kappa shape index (κ3) is 11.0. The predicted molar refractivity (Wildman–Crippen MR) is 90.5 cm³/mol. The highest BCUT2D eigenvalue weighted by atomic mass is 19.4. The van der Waals surface area contributed by atoms with Gasteiger partial charge in [0.05, 0.1) is 5.84 Å². The van der Waals surface area contributed by atoms with Crippen LogP contribution in [0.15, 0.2) is 23.8 Å². The van der Waals surface area contributed by atoms with Crippen molar-refractivity contribution in [1.29, 1.82) is 10.8 Å². The number of allylic oxidation sites excluding steroid dienone is 4. The Hall–Kier alpha value is -1.67. The summed E-state index contributed by atoms with van der Waals surface area (Å²) in [6.07, 6.45) is 0.290.